The topological polar surface area (TPSA) is 96.5 Å². The molecule has 1 aromatic carbocycles. The molecule has 1 heterocycles. The van der Waals surface area contributed by atoms with Crippen LogP contribution in [-0.2, 0) is 11.2 Å². The number of aromatic nitrogens is 4. The minimum atomic E-state index is -0.428. The molecule has 0 aliphatic carbocycles. The number of tetrazole rings is 1. The Bertz CT molecular complexity index is 599. The molecule has 0 spiro atoms. The first-order chi connectivity index (χ1) is 9.72. The lowest BCUT2D eigenvalue weighted by molar-refractivity contribution is -0.120. The van der Waals surface area contributed by atoms with Crippen molar-refractivity contribution in [1.82, 2.24) is 25.5 Å². The zero-order valence-corrected chi connectivity index (χ0v) is 11.0. The molecule has 0 fully saturated rings. The van der Waals surface area contributed by atoms with Crippen LogP contribution in [0.5, 0.6) is 0 Å². The van der Waals surface area contributed by atoms with Crippen LogP contribution in [0.4, 0.5) is 0 Å². The van der Waals surface area contributed by atoms with Crippen LogP contribution in [0.3, 0.4) is 0 Å². The summed E-state index contributed by atoms with van der Waals surface area (Å²) in [5.74, 6) is -0.159. The molecule has 7 nitrogen and oxygen atoms in total. The van der Waals surface area contributed by atoms with Crippen molar-refractivity contribution in [2.45, 2.75) is 25.8 Å². The molecule has 0 aliphatic rings. The molecule has 0 aliphatic heterocycles. The summed E-state index contributed by atoms with van der Waals surface area (Å²) in [5.41, 5.74) is 1.69. The zero-order valence-electron chi connectivity index (χ0n) is 11.0. The van der Waals surface area contributed by atoms with E-state index in [9.17, 15) is 4.79 Å². The van der Waals surface area contributed by atoms with Crippen molar-refractivity contribution in [2.75, 3.05) is 0 Å². The Balaban J connectivity index is 1.97. The van der Waals surface area contributed by atoms with Crippen LogP contribution in [0.25, 0.3) is 5.69 Å². The Hall–Kier alpha value is -2.75. The fraction of sp³-hybridized carbons (Fsp3) is 0.308. The highest BCUT2D eigenvalue weighted by molar-refractivity contribution is 5.79. The molecule has 0 radical (unpaired) electrons. The summed E-state index contributed by atoms with van der Waals surface area (Å²) >= 11 is 0. The maximum atomic E-state index is 11.8. The van der Waals surface area contributed by atoms with E-state index in [0.717, 1.165) is 11.3 Å². The molecule has 2 rings (SSSR count). The molecular formula is C13H14N6O. The van der Waals surface area contributed by atoms with Crippen molar-refractivity contribution in [3.8, 4) is 11.8 Å². The van der Waals surface area contributed by atoms with Crippen LogP contribution in [0.2, 0.25) is 0 Å². The average Bonchev–Trinajstić information content (AvgIpc) is 2.99. The van der Waals surface area contributed by atoms with Gasteiger partial charge in [0.2, 0.25) is 5.91 Å². The smallest absolute Gasteiger partial charge is 0.225 e. The lowest BCUT2D eigenvalue weighted by Gasteiger charge is -2.09. The number of nitriles is 1. The van der Waals surface area contributed by atoms with Gasteiger partial charge in [0.15, 0.2) is 0 Å². The summed E-state index contributed by atoms with van der Waals surface area (Å²) in [6, 6.07) is 8.95. The van der Waals surface area contributed by atoms with Crippen LogP contribution < -0.4 is 5.32 Å². The van der Waals surface area contributed by atoms with Crippen molar-refractivity contribution < 1.29 is 4.79 Å². The second-order valence-corrected chi connectivity index (χ2v) is 4.26. The van der Waals surface area contributed by atoms with Gasteiger partial charge in [-0.3, -0.25) is 4.79 Å². The zero-order chi connectivity index (χ0) is 14.4. The molecule has 0 unspecified atom stereocenters. The molecule has 1 amide bonds. The second kappa shape index (κ2) is 6.43. The van der Waals surface area contributed by atoms with Crippen molar-refractivity contribution >= 4 is 5.91 Å². The van der Waals surface area contributed by atoms with E-state index in [2.05, 4.69) is 20.8 Å². The standard InChI is InChI=1S/C13H14N6O/c1-2-11(8-14)16-13(20)7-10-3-5-12(6-4-10)19-9-15-17-18-19/h3-6,9,11H,2,7H2,1H3,(H,16,20)/t11-/m0/s1. The van der Waals surface area contributed by atoms with E-state index >= 15 is 0 Å². The highest BCUT2D eigenvalue weighted by atomic mass is 16.1. The van der Waals surface area contributed by atoms with Gasteiger partial charge in [-0.05, 0) is 34.5 Å². The number of benzene rings is 1. The molecular weight excluding hydrogens is 256 g/mol. The predicted octanol–water partition coefficient (Wildman–Crippen LogP) is 0.623. The third kappa shape index (κ3) is 3.38. The highest BCUT2D eigenvalue weighted by Gasteiger charge is 2.09. The monoisotopic (exact) mass is 270 g/mol. The van der Waals surface area contributed by atoms with E-state index in [1.807, 2.05) is 37.3 Å². The average molecular weight is 270 g/mol. The Morgan fingerprint density at radius 1 is 1.45 bits per heavy atom. The molecule has 0 bridgehead atoms. The maximum absolute atomic E-state index is 11.8. The fourth-order valence-electron chi connectivity index (χ4n) is 1.70. The van der Waals surface area contributed by atoms with E-state index in [0.29, 0.717) is 6.42 Å². The number of nitrogens with one attached hydrogen (secondary N) is 1. The van der Waals surface area contributed by atoms with E-state index in [1.54, 1.807) is 0 Å². The highest BCUT2D eigenvalue weighted by Crippen LogP contribution is 2.08. The lowest BCUT2D eigenvalue weighted by Crippen LogP contribution is -2.34. The van der Waals surface area contributed by atoms with Gasteiger partial charge in [0, 0.05) is 0 Å². The van der Waals surface area contributed by atoms with E-state index < -0.39 is 6.04 Å². The third-order valence-electron chi connectivity index (χ3n) is 2.81. The molecule has 1 atom stereocenters. The fourth-order valence-corrected chi connectivity index (χ4v) is 1.70. The Morgan fingerprint density at radius 3 is 2.75 bits per heavy atom. The molecule has 102 valence electrons. The van der Waals surface area contributed by atoms with E-state index in [-0.39, 0.29) is 12.3 Å². The first-order valence-corrected chi connectivity index (χ1v) is 6.24. The quantitative estimate of drug-likeness (QED) is 0.859. The summed E-state index contributed by atoms with van der Waals surface area (Å²) in [6.45, 7) is 1.86. The van der Waals surface area contributed by atoms with Crippen LogP contribution in [0, 0.1) is 11.3 Å². The van der Waals surface area contributed by atoms with Crippen LogP contribution in [0.1, 0.15) is 18.9 Å². The normalized spacial score (nSPS) is 11.6. The molecule has 2 aromatic rings. The van der Waals surface area contributed by atoms with Crippen LogP contribution in [0.15, 0.2) is 30.6 Å². The van der Waals surface area contributed by atoms with E-state index in [4.69, 9.17) is 5.26 Å². The van der Waals surface area contributed by atoms with Crippen LogP contribution >= 0.6 is 0 Å². The van der Waals surface area contributed by atoms with Crippen LogP contribution in [-0.4, -0.2) is 32.2 Å². The molecule has 0 saturated heterocycles. The SMILES string of the molecule is CC[C@@H](C#N)NC(=O)Cc1ccc(-n2cnnn2)cc1. The van der Waals surface area contributed by atoms with Crippen molar-refractivity contribution in [3.05, 3.63) is 36.2 Å². The van der Waals surface area contributed by atoms with Crippen molar-refractivity contribution in [1.29, 1.82) is 5.26 Å². The first kappa shape index (κ1) is 13.7. The van der Waals surface area contributed by atoms with Gasteiger partial charge in [-0.2, -0.15) is 5.26 Å². The largest absolute Gasteiger partial charge is 0.340 e. The molecule has 1 N–H and O–H groups in total. The maximum Gasteiger partial charge on any atom is 0.225 e. The second-order valence-electron chi connectivity index (χ2n) is 4.26. The predicted molar refractivity (Wildman–Crippen MR) is 70.7 cm³/mol. The number of carbonyl (C=O) groups excluding carboxylic acids is 1. The molecule has 20 heavy (non-hydrogen) atoms. The van der Waals surface area contributed by atoms with E-state index in [1.165, 1.54) is 11.0 Å². The summed E-state index contributed by atoms with van der Waals surface area (Å²) in [4.78, 5) is 11.8. The summed E-state index contributed by atoms with van der Waals surface area (Å²) < 4.78 is 1.53. The van der Waals surface area contributed by atoms with Gasteiger partial charge in [-0.15, -0.1) is 5.10 Å². The third-order valence-corrected chi connectivity index (χ3v) is 2.81. The van der Waals surface area contributed by atoms with Gasteiger partial charge in [0.1, 0.15) is 12.4 Å². The molecule has 1 aromatic heterocycles. The lowest BCUT2D eigenvalue weighted by atomic mass is 10.1. The number of carbonyl (C=O) groups is 1. The number of amides is 1. The van der Waals surface area contributed by atoms with Gasteiger partial charge in [-0.1, -0.05) is 19.1 Å². The summed E-state index contributed by atoms with van der Waals surface area (Å²) in [6.07, 6.45) is 2.34. The Morgan fingerprint density at radius 2 is 2.20 bits per heavy atom. The van der Waals surface area contributed by atoms with Crippen molar-refractivity contribution in [2.24, 2.45) is 0 Å². The van der Waals surface area contributed by atoms with Gasteiger partial charge in [-0.25, -0.2) is 4.68 Å². The number of rotatable bonds is 5. The summed E-state index contributed by atoms with van der Waals surface area (Å²) in [5, 5.41) is 22.4. The summed E-state index contributed by atoms with van der Waals surface area (Å²) in [7, 11) is 0. The van der Waals surface area contributed by atoms with Crippen molar-refractivity contribution in [3.63, 3.8) is 0 Å². The minimum Gasteiger partial charge on any atom is -0.340 e. The Labute approximate surface area is 116 Å². The molecule has 0 saturated carbocycles. The van der Waals surface area contributed by atoms with Gasteiger partial charge in [0.05, 0.1) is 18.2 Å². The van der Waals surface area contributed by atoms with Gasteiger partial charge < -0.3 is 5.32 Å². The van der Waals surface area contributed by atoms with Gasteiger partial charge >= 0.3 is 0 Å². The number of hydrogen-bond donors (Lipinski definition) is 1. The minimum absolute atomic E-state index is 0.159. The Kier molecular flexibility index (Phi) is 4.39. The number of nitrogens with zero attached hydrogens (tertiary/aromatic N) is 5. The number of hydrogen-bond acceptors (Lipinski definition) is 5. The molecule has 7 heteroatoms. The first-order valence-electron chi connectivity index (χ1n) is 6.24. The van der Waals surface area contributed by atoms with Gasteiger partial charge in [0.25, 0.3) is 0 Å².